The Balaban J connectivity index is 2.08. The fraction of sp³-hybridized carbons (Fsp3) is 0. The lowest BCUT2D eigenvalue weighted by Gasteiger charge is -2.06. The first kappa shape index (κ1) is 12.1. The molecule has 0 aromatic heterocycles. The van der Waals surface area contributed by atoms with E-state index in [1.54, 1.807) is 24.3 Å². The third-order valence-electron chi connectivity index (χ3n) is 2.42. The summed E-state index contributed by atoms with van der Waals surface area (Å²) in [7, 11) is 0. The molecule has 0 atom stereocenters. The van der Waals surface area contributed by atoms with Gasteiger partial charge in [0.1, 0.15) is 5.82 Å². The molecule has 0 spiro atoms. The summed E-state index contributed by atoms with van der Waals surface area (Å²) in [6, 6.07) is 12.3. The zero-order valence-electron chi connectivity index (χ0n) is 9.48. The molecular weight excluding hydrogens is 233 g/mol. The molecule has 0 aliphatic rings. The predicted octanol–water partition coefficient (Wildman–Crippen LogP) is 2.36. The maximum atomic E-state index is 12.7. The van der Waals surface area contributed by atoms with Gasteiger partial charge in [-0.05, 0) is 48.5 Å². The van der Waals surface area contributed by atoms with E-state index in [1.165, 1.54) is 24.3 Å². The minimum absolute atomic E-state index is 0.288. The smallest absolute Gasteiger partial charge is 0.255 e. The molecule has 0 bridgehead atoms. The van der Waals surface area contributed by atoms with Crippen LogP contribution in [0.2, 0.25) is 0 Å². The first-order valence-corrected chi connectivity index (χ1v) is 5.32. The molecule has 0 radical (unpaired) electrons. The van der Waals surface area contributed by atoms with E-state index in [0.29, 0.717) is 11.3 Å². The molecule has 2 aromatic carbocycles. The van der Waals surface area contributed by atoms with Gasteiger partial charge in [0.25, 0.3) is 5.91 Å². The largest absolute Gasteiger partial charge is 0.324 e. The summed E-state index contributed by atoms with van der Waals surface area (Å²) < 4.78 is 12.7. The Hall–Kier alpha value is -2.40. The number of hydrazine groups is 1. The molecule has 1 amide bonds. The van der Waals surface area contributed by atoms with Crippen LogP contribution >= 0.6 is 0 Å². The fourth-order valence-corrected chi connectivity index (χ4v) is 1.45. The van der Waals surface area contributed by atoms with Gasteiger partial charge in [-0.25, -0.2) is 4.39 Å². The number of hydrogen-bond donors (Lipinski definition) is 3. The number of carbonyl (C=O) groups excluding carboxylic acids is 1. The minimum atomic E-state index is -0.370. The second-order valence-electron chi connectivity index (χ2n) is 3.68. The van der Waals surface area contributed by atoms with E-state index in [1.807, 2.05) is 0 Å². The van der Waals surface area contributed by atoms with Gasteiger partial charge < -0.3 is 10.7 Å². The normalized spacial score (nSPS) is 9.89. The van der Waals surface area contributed by atoms with Gasteiger partial charge in [0, 0.05) is 16.9 Å². The maximum Gasteiger partial charge on any atom is 0.255 e. The molecule has 18 heavy (non-hydrogen) atoms. The number of nitrogens with two attached hydrogens (primary N) is 1. The highest BCUT2D eigenvalue weighted by Crippen LogP contribution is 2.13. The van der Waals surface area contributed by atoms with Gasteiger partial charge in [0.2, 0.25) is 0 Å². The van der Waals surface area contributed by atoms with Crippen molar-refractivity contribution in [1.82, 2.24) is 0 Å². The zero-order valence-corrected chi connectivity index (χ0v) is 9.48. The van der Waals surface area contributed by atoms with E-state index in [4.69, 9.17) is 5.84 Å². The number of nitrogen functional groups attached to an aromatic ring is 1. The van der Waals surface area contributed by atoms with Crippen LogP contribution in [0, 0.1) is 5.82 Å². The first-order valence-electron chi connectivity index (χ1n) is 5.32. The summed E-state index contributed by atoms with van der Waals surface area (Å²) in [6.07, 6.45) is 0. The van der Waals surface area contributed by atoms with Gasteiger partial charge in [-0.1, -0.05) is 0 Å². The molecule has 0 aliphatic carbocycles. The number of rotatable bonds is 3. The Bertz CT molecular complexity index is 537. The second kappa shape index (κ2) is 5.29. The molecular formula is C13H12FN3O. The molecule has 0 heterocycles. The lowest BCUT2D eigenvalue weighted by Crippen LogP contribution is -2.12. The SMILES string of the molecule is NNc1ccc(NC(=O)c2ccc(F)cc2)cc1. The van der Waals surface area contributed by atoms with Crippen LogP contribution in [0.5, 0.6) is 0 Å². The van der Waals surface area contributed by atoms with Crippen LogP contribution in [0.25, 0.3) is 0 Å². The van der Waals surface area contributed by atoms with E-state index < -0.39 is 0 Å². The van der Waals surface area contributed by atoms with Crippen LogP contribution in [0.15, 0.2) is 48.5 Å². The van der Waals surface area contributed by atoms with Crippen LogP contribution < -0.4 is 16.6 Å². The van der Waals surface area contributed by atoms with Crippen LogP contribution in [0.1, 0.15) is 10.4 Å². The van der Waals surface area contributed by atoms with Gasteiger partial charge in [0.15, 0.2) is 0 Å². The molecule has 4 N–H and O–H groups in total. The molecule has 0 saturated heterocycles. The Morgan fingerprint density at radius 2 is 1.50 bits per heavy atom. The van der Waals surface area contributed by atoms with Crippen LogP contribution in [-0.2, 0) is 0 Å². The van der Waals surface area contributed by atoms with Crippen LogP contribution in [-0.4, -0.2) is 5.91 Å². The lowest BCUT2D eigenvalue weighted by atomic mass is 10.2. The summed E-state index contributed by atoms with van der Waals surface area (Å²) in [6.45, 7) is 0. The van der Waals surface area contributed by atoms with E-state index in [-0.39, 0.29) is 11.7 Å². The van der Waals surface area contributed by atoms with Crippen molar-refractivity contribution in [2.24, 2.45) is 5.84 Å². The minimum Gasteiger partial charge on any atom is -0.324 e. The van der Waals surface area contributed by atoms with E-state index in [9.17, 15) is 9.18 Å². The summed E-state index contributed by atoms with van der Waals surface area (Å²) >= 11 is 0. The van der Waals surface area contributed by atoms with Crippen molar-refractivity contribution in [3.05, 3.63) is 59.9 Å². The van der Waals surface area contributed by atoms with Crippen molar-refractivity contribution in [3.63, 3.8) is 0 Å². The van der Waals surface area contributed by atoms with Crippen molar-refractivity contribution in [2.45, 2.75) is 0 Å². The standard InChI is InChI=1S/C13H12FN3O/c14-10-3-1-9(2-4-10)13(18)16-11-5-7-12(17-15)8-6-11/h1-8,17H,15H2,(H,16,18). The fourth-order valence-electron chi connectivity index (χ4n) is 1.45. The maximum absolute atomic E-state index is 12.7. The Kier molecular flexibility index (Phi) is 3.54. The quantitative estimate of drug-likeness (QED) is 0.574. The van der Waals surface area contributed by atoms with E-state index in [0.717, 1.165) is 5.69 Å². The van der Waals surface area contributed by atoms with Gasteiger partial charge in [-0.3, -0.25) is 10.6 Å². The van der Waals surface area contributed by atoms with Crippen LogP contribution in [0.3, 0.4) is 0 Å². The predicted molar refractivity (Wildman–Crippen MR) is 68.6 cm³/mol. The number of anilines is 2. The molecule has 0 unspecified atom stereocenters. The number of amides is 1. The monoisotopic (exact) mass is 245 g/mol. The topological polar surface area (TPSA) is 67.2 Å². The van der Waals surface area contributed by atoms with Crippen molar-refractivity contribution < 1.29 is 9.18 Å². The number of hydrogen-bond acceptors (Lipinski definition) is 3. The van der Waals surface area contributed by atoms with Gasteiger partial charge >= 0.3 is 0 Å². The molecule has 0 aliphatic heterocycles. The molecule has 0 fully saturated rings. The third kappa shape index (κ3) is 2.83. The highest BCUT2D eigenvalue weighted by Gasteiger charge is 2.05. The number of carbonyl (C=O) groups is 1. The number of halogens is 1. The zero-order chi connectivity index (χ0) is 13.0. The summed E-state index contributed by atoms with van der Waals surface area (Å²) in [5.74, 6) is 4.57. The molecule has 2 rings (SSSR count). The van der Waals surface area contributed by atoms with Crippen molar-refractivity contribution in [1.29, 1.82) is 0 Å². The van der Waals surface area contributed by atoms with Crippen LogP contribution in [0.4, 0.5) is 15.8 Å². The third-order valence-corrected chi connectivity index (χ3v) is 2.42. The van der Waals surface area contributed by atoms with Crippen molar-refractivity contribution >= 4 is 17.3 Å². The van der Waals surface area contributed by atoms with E-state index in [2.05, 4.69) is 10.7 Å². The van der Waals surface area contributed by atoms with Gasteiger partial charge in [-0.15, -0.1) is 0 Å². The molecule has 0 saturated carbocycles. The molecule has 92 valence electrons. The average molecular weight is 245 g/mol. The lowest BCUT2D eigenvalue weighted by molar-refractivity contribution is 0.102. The summed E-state index contributed by atoms with van der Waals surface area (Å²) in [5, 5.41) is 2.70. The van der Waals surface area contributed by atoms with Gasteiger partial charge in [0.05, 0.1) is 0 Å². The molecule has 4 nitrogen and oxygen atoms in total. The average Bonchev–Trinajstić information content (AvgIpc) is 2.40. The second-order valence-corrected chi connectivity index (χ2v) is 3.68. The van der Waals surface area contributed by atoms with E-state index >= 15 is 0 Å². The first-order chi connectivity index (χ1) is 8.69. The highest BCUT2D eigenvalue weighted by molar-refractivity contribution is 6.04. The summed E-state index contributed by atoms with van der Waals surface area (Å²) in [5.41, 5.74) is 4.28. The number of nitrogens with one attached hydrogen (secondary N) is 2. The highest BCUT2D eigenvalue weighted by atomic mass is 19.1. The Morgan fingerprint density at radius 1 is 0.944 bits per heavy atom. The number of benzene rings is 2. The van der Waals surface area contributed by atoms with Crippen molar-refractivity contribution in [2.75, 3.05) is 10.7 Å². The van der Waals surface area contributed by atoms with Crippen molar-refractivity contribution in [3.8, 4) is 0 Å². The Morgan fingerprint density at radius 3 is 2.06 bits per heavy atom. The molecule has 2 aromatic rings. The molecule has 5 heteroatoms. The van der Waals surface area contributed by atoms with Gasteiger partial charge in [-0.2, -0.15) is 0 Å². The Labute approximate surface area is 104 Å². The summed E-state index contributed by atoms with van der Waals surface area (Å²) in [4.78, 5) is 11.8.